The Morgan fingerprint density at radius 3 is 2.20 bits per heavy atom. The van der Waals surface area contributed by atoms with Gasteiger partial charge in [-0.2, -0.15) is 0 Å². The normalized spacial score (nSPS) is 50.4. The summed E-state index contributed by atoms with van der Waals surface area (Å²) < 4.78 is 39.6. The lowest BCUT2D eigenvalue weighted by Crippen LogP contribution is -2.61. The van der Waals surface area contributed by atoms with E-state index >= 15 is 0 Å². The zero-order valence-corrected chi connectivity index (χ0v) is 33.9. The minimum absolute atomic E-state index is 0.0102. The number of carbonyl (C=O) groups excluding carboxylic acids is 1. The quantitative estimate of drug-likeness (QED) is 0.288. The number of aliphatic hydroxyl groups is 3. The van der Waals surface area contributed by atoms with Crippen LogP contribution >= 0.6 is 0 Å². The Labute approximate surface area is 307 Å². The van der Waals surface area contributed by atoms with E-state index in [9.17, 15) is 20.1 Å². The van der Waals surface area contributed by atoms with Gasteiger partial charge in [-0.05, 0) is 80.7 Å². The average Bonchev–Trinajstić information content (AvgIpc) is 3.37. The summed E-state index contributed by atoms with van der Waals surface area (Å²) in [5.41, 5.74) is -3.07. The van der Waals surface area contributed by atoms with Crippen LogP contribution in [0.15, 0.2) is 0 Å². The predicted octanol–water partition coefficient (Wildman–Crippen LogP) is 4.00. The highest BCUT2D eigenvalue weighted by Crippen LogP contribution is 2.47. The summed E-state index contributed by atoms with van der Waals surface area (Å²) in [5, 5.41) is 38.5. The standard InChI is InChI=1S/C39H72N2O10/c1-15-28-39(12,45)33(43)24(7)31-21(4)17-38(11,51-31)34(50-36-30(42)27(16-22(5)48-36)41(13)20(2)3)25(8)32(26(9)35(44)40-28)49-29-19-37(10,46-14)18-23(6)47-29/h20-34,36,42-43,45H,15-19H2,1-14H3,(H,40,44)/t21-,22-,23+,24-,25+,26-,27+,28+,29+,30-,31+,32+,33-,34-,36+,37+,38-,39-/m1/s1. The Hall–Kier alpha value is -0.930. The molecule has 0 unspecified atom stereocenters. The second-order valence-electron chi connectivity index (χ2n) is 17.7. The van der Waals surface area contributed by atoms with E-state index in [1.807, 2.05) is 62.4 Å². The fraction of sp³-hybridized carbons (Fsp3) is 0.974. The topological polar surface area (TPSA) is 148 Å². The molecule has 298 valence electrons. The van der Waals surface area contributed by atoms with Crippen LogP contribution in [0.1, 0.15) is 115 Å². The van der Waals surface area contributed by atoms with E-state index in [1.54, 1.807) is 14.0 Å². The van der Waals surface area contributed by atoms with Crippen molar-refractivity contribution in [2.24, 2.45) is 23.7 Å². The number of hydrogen-bond donors (Lipinski definition) is 4. The second-order valence-corrected chi connectivity index (χ2v) is 17.7. The lowest BCUT2D eigenvalue weighted by molar-refractivity contribution is -0.312. The number of methoxy groups -OCH3 is 1. The smallest absolute Gasteiger partial charge is 0.225 e. The molecule has 0 aromatic heterocycles. The van der Waals surface area contributed by atoms with Crippen molar-refractivity contribution in [1.29, 1.82) is 0 Å². The molecular weight excluding hydrogens is 656 g/mol. The molecule has 18 atom stereocenters. The van der Waals surface area contributed by atoms with E-state index in [2.05, 4.69) is 31.0 Å². The number of rotatable bonds is 8. The van der Waals surface area contributed by atoms with Gasteiger partial charge < -0.3 is 49.1 Å². The number of fused-ring (bicyclic) bond motifs is 2. The minimum Gasteiger partial charge on any atom is -0.390 e. The molecule has 0 aromatic carbocycles. The van der Waals surface area contributed by atoms with E-state index < -0.39 is 83.7 Å². The molecule has 4 saturated heterocycles. The average molecular weight is 729 g/mol. The maximum absolute atomic E-state index is 14.3. The molecule has 0 aliphatic carbocycles. The van der Waals surface area contributed by atoms with Gasteiger partial charge in [-0.15, -0.1) is 0 Å². The SMILES string of the molecule is CC[C@@H]1NC(=O)[C@H](C)[C@@H](O[C@H]2C[C@@](C)(OC)C[C@H](C)O2)[C@H](C)[C@@H](O[C@@H]2O[C@H](C)C[C@H](N(C)C(C)C)[C@H]2O)[C@@]2(C)C[C@@H](C)[C@H](O2)[C@@H](C)[C@@H](O)[C@]1(C)O. The first kappa shape index (κ1) is 42.8. The molecule has 4 aliphatic heterocycles. The molecule has 0 aromatic rings. The summed E-state index contributed by atoms with van der Waals surface area (Å²) in [4.78, 5) is 16.4. The second kappa shape index (κ2) is 16.4. The third-order valence-corrected chi connectivity index (χ3v) is 13.0. The van der Waals surface area contributed by atoms with Gasteiger partial charge >= 0.3 is 0 Å². The molecule has 4 aliphatic rings. The summed E-state index contributed by atoms with van der Waals surface area (Å²) in [6.07, 6.45) is -3.23. The third-order valence-electron chi connectivity index (χ3n) is 13.0. The fourth-order valence-corrected chi connectivity index (χ4v) is 9.66. The Balaban J connectivity index is 1.83. The molecule has 4 fully saturated rings. The number of aliphatic hydroxyl groups excluding tert-OH is 2. The molecule has 0 saturated carbocycles. The van der Waals surface area contributed by atoms with Crippen molar-refractivity contribution in [2.45, 2.75) is 205 Å². The minimum atomic E-state index is -1.65. The first-order valence-electron chi connectivity index (χ1n) is 19.5. The monoisotopic (exact) mass is 729 g/mol. The molecule has 4 rings (SSSR count). The van der Waals surface area contributed by atoms with Crippen molar-refractivity contribution in [2.75, 3.05) is 14.2 Å². The van der Waals surface area contributed by atoms with Crippen molar-refractivity contribution in [3.63, 3.8) is 0 Å². The van der Waals surface area contributed by atoms with Crippen molar-refractivity contribution >= 4 is 5.91 Å². The Morgan fingerprint density at radius 1 is 0.961 bits per heavy atom. The highest BCUT2D eigenvalue weighted by Gasteiger charge is 2.57. The highest BCUT2D eigenvalue weighted by molar-refractivity contribution is 5.79. The van der Waals surface area contributed by atoms with Gasteiger partial charge in [0.05, 0.1) is 59.8 Å². The lowest BCUT2D eigenvalue weighted by atomic mass is 9.75. The molecule has 4 N–H and O–H groups in total. The van der Waals surface area contributed by atoms with E-state index in [0.29, 0.717) is 32.1 Å². The molecule has 0 radical (unpaired) electrons. The number of amides is 1. The summed E-state index contributed by atoms with van der Waals surface area (Å²) in [6, 6.07) is -0.736. The van der Waals surface area contributed by atoms with E-state index in [1.165, 1.54) is 0 Å². The first-order chi connectivity index (χ1) is 23.6. The van der Waals surface area contributed by atoms with Crippen LogP contribution in [0.25, 0.3) is 0 Å². The van der Waals surface area contributed by atoms with Gasteiger partial charge in [-0.25, -0.2) is 0 Å². The Morgan fingerprint density at radius 2 is 1.61 bits per heavy atom. The molecule has 0 spiro atoms. The number of likely N-dealkylation sites (N-methyl/N-ethyl adjacent to an activating group) is 1. The molecule has 1 amide bonds. The lowest BCUT2D eigenvalue weighted by Gasteiger charge is -2.48. The maximum atomic E-state index is 14.3. The Bertz CT molecular complexity index is 1160. The number of hydrogen-bond acceptors (Lipinski definition) is 11. The predicted molar refractivity (Wildman–Crippen MR) is 194 cm³/mol. The fourth-order valence-electron chi connectivity index (χ4n) is 9.66. The molecule has 12 heteroatoms. The number of carbonyl (C=O) groups is 1. The molecule has 12 nitrogen and oxygen atoms in total. The van der Waals surface area contributed by atoms with Gasteiger partial charge in [0, 0.05) is 43.9 Å². The van der Waals surface area contributed by atoms with Gasteiger partial charge in [0.25, 0.3) is 0 Å². The van der Waals surface area contributed by atoms with Crippen LogP contribution in [0.3, 0.4) is 0 Å². The van der Waals surface area contributed by atoms with Crippen molar-refractivity contribution in [1.82, 2.24) is 10.2 Å². The number of nitrogens with one attached hydrogen (secondary N) is 1. The zero-order chi connectivity index (χ0) is 38.4. The molecule has 4 heterocycles. The summed E-state index contributed by atoms with van der Waals surface area (Å²) in [6.45, 7) is 23.5. The van der Waals surface area contributed by atoms with Gasteiger partial charge in [0.2, 0.25) is 5.91 Å². The van der Waals surface area contributed by atoms with Gasteiger partial charge in [-0.1, -0.05) is 34.6 Å². The van der Waals surface area contributed by atoms with Gasteiger partial charge in [0.1, 0.15) is 11.7 Å². The van der Waals surface area contributed by atoms with Crippen molar-refractivity contribution < 1.29 is 48.5 Å². The molecule has 2 bridgehead atoms. The maximum Gasteiger partial charge on any atom is 0.225 e. The van der Waals surface area contributed by atoms with E-state index in [0.717, 1.165) is 0 Å². The van der Waals surface area contributed by atoms with Crippen LogP contribution in [0.2, 0.25) is 0 Å². The van der Waals surface area contributed by atoms with Crippen LogP contribution in [0, 0.1) is 23.7 Å². The number of nitrogens with zero attached hydrogens (tertiary/aromatic N) is 1. The zero-order valence-electron chi connectivity index (χ0n) is 33.9. The highest BCUT2D eigenvalue weighted by atomic mass is 16.7. The van der Waals surface area contributed by atoms with E-state index in [4.69, 9.17) is 28.4 Å². The van der Waals surface area contributed by atoms with E-state index in [-0.39, 0.29) is 36.1 Å². The number of ether oxygens (including phenoxy) is 6. The van der Waals surface area contributed by atoms with Crippen LogP contribution in [-0.4, -0.2) is 131 Å². The van der Waals surface area contributed by atoms with Crippen LogP contribution < -0.4 is 5.32 Å². The first-order valence-corrected chi connectivity index (χ1v) is 19.5. The van der Waals surface area contributed by atoms with Crippen molar-refractivity contribution in [3.8, 4) is 0 Å². The summed E-state index contributed by atoms with van der Waals surface area (Å²) >= 11 is 0. The largest absolute Gasteiger partial charge is 0.390 e. The molecule has 51 heavy (non-hydrogen) atoms. The van der Waals surface area contributed by atoms with Crippen LogP contribution in [-0.2, 0) is 33.2 Å². The van der Waals surface area contributed by atoms with Crippen LogP contribution in [0.5, 0.6) is 0 Å². The van der Waals surface area contributed by atoms with Crippen LogP contribution in [0.4, 0.5) is 0 Å². The summed E-state index contributed by atoms with van der Waals surface area (Å²) in [5.74, 6) is -2.03. The van der Waals surface area contributed by atoms with Gasteiger partial charge in [-0.3, -0.25) is 9.69 Å². The molecular formula is C39H72N2O10. The van der Waals surface area contributed by atoms with Gasteiger partial charge in [0.15, 0.2) is 12.6 Å². The Kier molecular flexibility index (Phi) is 13.8. The summed E-state index contributed by atoms with van der Waals surface area (Å²) in [7, 11) is 3.70. The third kappa shape index (κ3) is 8.97. The van der Waals surface area contributed by atoms with Crippen molar-refractivity contribution in [3.05, 3.63) is 0 Å².